The van der Waals surface area contributed by atoms with Crippen LogP contribution in [0, 0.1) is 0 Å². The summed E-state index contributed by atoms with van der Waals surface area (Å²) in [6.45, 7) is 2.28. The van der Waals surface area contributed by atoms with Gasteiger partial charge in [0.1, 0.15) is 0 Å². The van der Waals surface area contributed by atoms with Crippen LogP contribution in [0.15, 0.2) is 0 Å². The van der Waals surface area contributed by atoms with Crippen molar-refractivity contribution in [2.24, 2.45) is 0 Å². The number of unbranched alkanes of at least 4 members (excludes halogenated alkanes) is 5. The Hall–Kier alpha value is 0.766. The van der Waals surface area contributed by atoms with Gasteiger partial charge in [0.25, 0.3) is 0 Å². The molecule has 0 saturated heterocycles. The van der Waals surface area contributed by atoms with E-state index in [4.69, 9.17) is 0 Å². The van der Waals surface area contributed by atoms with Crippen molar-refractivity contribution in [2.75, 3.05) is 0 Å². The lowest BCUT2D eigenvalue weighted by atomic mass is 10.1. The largest absolute Gasteiger partial charge is 0.360 e. The predicted octanol–water partition coefficient (Wildman–Crippen LogP) is 3.52. The monoisotopic (exact) mass is 152 g/mol. The molecule has 0 aromatic carbocycles. The van der Waals surface area contributed by atoms with Gasteiger partial charge in [0.15, 0.2) is 0 Å². The summed E-state index contributed by atoms with van der Waals surface area (Å²) in [6, 6.07) is 0. The molecule has 10 heavy (non-hydrogen) atoms. The van der Waals surface area contributed by atoms with E-state index in [0.717, 1.165) is 0 Å². The molecule has 1 heteroatoms. The highest BCUT2D eigenvalue weighted by molar-refractivity contribution is 6.33. The Balaban J connectivity index is 2.65. The molecule has 0 spiro atoms. The van der Waals surface area contributed by atoms with Crippen molar-refractivity contribution < 1.29 is 0 Å². The highest BCUT2D eigenvalue weighted by Gasteiger charge is 1.89. The van der Waals surface area contributed by atoms with Gasteiger partial charge in [-0.25, -0.2) is 0 Å². The number of hydrogen-bond donors (Lipinski definition) is 0. The van der Waals surface area contributed by atoms with E-state index in [1.165, 1.54) is 38.5 Å². The third kappa shape index (κ3) is 8.77. The fourth-order valence-corrected chi connectivity index (χ4v) is 2.06. The Morgan fingerprint density at radius 3 is 2.10 bits per heavy atom. The van der Waals surface area contributed by atoms with Crippen LogP contribution in [0.1, 0.15) is 45.4 Å². The van der Waals surface area contributed by atoms with Gasteiger partial charge in [-0.1, -0.05) is 45.4 Å². The van der Waals surface area contributed by atoms with Crippen molar-refractivity contribution in [3.05, 3.63) is 0 Å². The molecule has 0 radical (unpaired) electrons. The lowest BCUT2D eigenvalue weighted by Crippen LogP contribution is -1.82. The Labute approximate surface area is 75.5 Å². The van der Waals surface area contributed by atoms with Gasteiger partial charge in [0.05, 0.1) is 0 Å². The zero-order valence-corrected chi connectivity index (χ0v) is 9.07. The van der Waals surface area contributed by atoms with E-state index in [9.17, 15) is 0 Å². The van der Waals surface area contributed by atoms with Gasteiger partial charge in [-0.05, 0) is 0 Å². The fourth-order valence-electron chi connectivity index (χ4n) is 1.21. The van der Waals surface area contributed by atoms with Crippen molar-refractivity contribution in [3.63, 3.8) is 0 Å². The summed E-state index contributed by atoms with van der Waals surface area (Å²) >= 11 is 0.375. The standard InChI is InChI=1S/C8H17.CH3.Mg/c1-3-5-7-8-6-4-2;;/h1,3-8H2,2H3;1H3;. The van der Waals surface area contributed by atoms with Crippen LogP contribution < -0.4 is 0 Å². The van der Waals surface area contributed by atoms with Crippen molar-refractivity contribution in [3.8, 4) is 0 Å². The molecule has 0 aromatic heterocycles. The lowest BCUT2D eigenvalue weighted by Gasteiger charge is -1.97. The highest BCUT2D eigenvalue weighted by atomic mass is 24.5. The molecule has 0 saturated carbocycles. The van der Waals surface area contributed by atoms with Crippen molar-refractivity contribution in [1.29, 1.82) is 0 Å². The molecule has 0 aromatic rings. The zero-order valence-electron chi connectivity index (χ0n) is 7.66. The van der Waals surface area contributed by atoms with Crippen LogP contribution in [0.4, 0.5) is 0 Å². The number of hydrogen-bond acceptors (Lipinski definition) is 0. The molecule has 0 nitrogen and oxygen atoms in total. The van der Waals surface area contributed by atoms with Gasteiger partial charge in [-0.3, -0.25) is 0 Å². The molecule has 0 N–H and O–H groups in total. The molecule has 0 rings (SSSR count). The maximum atomic E-state index is 2.41. The molecule has 58 valence electrons. The van der Waals surface area contributed by atoms with Crippen LogP contribution in [0.3, 0.4) is 0 Å². The quantitative estimate of drug-likeness (QED) is 0.387. The van der Waals surface area contributed by atoms with Gasteiger partial charge < -0.3 is 0 Å². The van der Waals surface area contributed by atoms with E-state index < -0.39 is 0 Å². The molecule has 0 bridgehead atoms. The summed E-state index contributed by atoms with van der Waals surface area (Å²) in [6.07, 6.45) is 8.81. The Morgan fingerprint density at radius 1 is 0.900 bits per heavy atom. The van der Waals surface area contributed by atoms with Crippen LogP contribution in [-0.4, -0.2) is 20.4 Å². The topological polar surface area (TPSA) is 0 Å². The number of rotatable bonds is 7. The van der Waals surface area contributed by atoms with E-state index in [0.29, 0.717) is 20.4 Å². The molecule has 0 atom stereocenters. The summed E-state index contributed by atoms with van der Waals surface area (Å²) in [5.41, 5.74) is 0. The van der Waals surface area contributed by atoms with Crippen molar-refractivity contribution >= 4 is 20.4 Å². The van der Waals surface area contributed by atoms with E-state index >= 15 is 0 Å². The van der Waals surface area contributed by atoms with Crippen LogP contribution >= 0.6 is 0 Å². The first-order valence-electron chi connectivity index (χ1n) is 4.91. The summed E-state index contributed by atoms with van der Waals surface area (Å²) in [5.74, 6) is 0. The first kappa shape index (κ1) is 10.8. The van der Waals surface area contributed by atoms with Crippen LogP contribution in [0.25, 0.3) is 0 Å². The summed E-state index contributed by atoms with van der Waals surface area (Å²) < 4.78 is 1.58. The Bertz CT molecular complexity index is 44.7. The van der Waals surface area contributed by atoms with Crippen LogP contribution in [0.5, 0.6) is 0 Å². The second-order valence-electron chi connectivity index (χ2n) is 3.12. The second-order valence-corrected chi connectivity index (χ2v) is 4.83. The minimum Gasteiger partial charge on any atom is -0.157 e. The van der Waals surface area contributed by atoms with Gasteiger partial charge >= 0.3 is 20.4 Å². The SMILES string of the molecule is CCCCCCC[CH2][Mg][CH3]. The molecule has 0 unspecified atom stereocenters. The minimum absolute atomic E-state index is 0.375. The van der Waals surface area contributed by atoms with E-state index in [1.807, 2.05) is 0 Å². The fraction of sp³-hybridized carbons (Fsp3) is 1.00. The van der Waals surface area contributed by atoms with Crippen LogP contribution in [0.2, 0.25) is 9.60 Å². The molecular weight excluding hydrogens is 132 g/mol. The minimum atomic E-state index is 0.375. The lowest BCUT2D eigenvalue weighted by molar-refractivity contribution is 0.624. The Morgan fingerprint density at radius 2 is 1.50 bits per heavy atom. The zero-order chi connectivity index (χ0) is 7.66. The van der Waals surface area contributed by atoms with Crippen molar-refractivity contribution in [2.45, 2.75) is 55.1 Å². The third-order valence-electron chi connectivity index (χ3n) is 1.96. The summed E-state index contributed by atoms with van der Waals surface area (Å²) in [5, 5.41) is 2.41. The normalized spacial score (nSPS) is 9.40. The van der Waals surface area contributed by atoms with Crippen LogP contribution in [-0.2, 0) is 0 Å². The van der Waals surface area contributed by atoms with E-state index in [2.05, 4.69) is 12.0 Å². The van der Waals surface area contributed by atoms with Gasteiger partial charge in [-0.15, -0.1) is 4.55 Å². The van der Waals surface area contributed by atoms with Gasteiger partial charge in [0.2, 0.25) is 0 Å². The molecule has 0 heterocycles. The average Bonchev–Trinajstić information content (AvgIpc) is 1.97. The first-order valence-corrected chi connectivity index (χ1v) is 7.33. The molecule has 0 aliphatic carbocycles. The maximum Gasteiger partial charge on any atom is 0.360 e. The van der Waals surface area contributed by atoms with E-state index in [1.54, 1.807) is 4.55 Å². The van der Waals surface area contributed by atoms with Gasteiger partial charge in [-0.2, -0.15) is 5.05 Å². The molecule has 0 aliphatic heterocycles. The third-order valence-corrected chi connectivity index (χ3v) is 3.16. The molecule has 0 fully saturated rings. The van der Waals surface area contributed by atoms with Gasteiger partial charge in [0, 0.05) is 0 Å². The molecule has 0 amide bonds. The molecular formula is C9H20Mg. The maximum absolute atomic E-state index is 2.41. The Kier molecular flexibility index (Phi) is 10.5. The average molecular weight is 153 g/mol. The van der Waals surface area contributed by atoms with E-state index in [-0.39, 0.29) is 0 Å². The van der Waals surface area contributed by atoms with Crippen molar-refractivity contribution in [1.82, 2.24) is 0 Å². The summed E-state index contributed by atoms with van der Waals surface area (Å²) in [7, 11) is 0. The first-order chi connectivity index (χ1) is 4.91. The second kappa shape index (κ2) is 9.77. The summed E-state index contributed by atoms with van der Waals surface area (Å²) in [4.78, 5) is 0. The predicted molar refractivity (Wildman–Crippen MR) is 49.8 cm³/mol. The molecule has 0 aliphatic rings. The highest BCUT2D eigenvalue weighted by Crippen LogP contribution is 2.06. The smallest absolute Gasteiger partial charge is 0.157 e.